The van der Waals surface area contributed by atoms with Crippen LogP contribution in [0.3, 0.4) is 0 Å². The molecule has 0 spiro atoms. The topological polar surface area (TPSA) is 53.4 Å². The van der Waals surface area contributed by atoms with E-state index in [1.807, 2.05) is 25.3 Å². The van der Waals surface area contributed by atoms with Gasteiger partial charge in [-0.3, -0.25) is 4.98 Å². The predicted octanol–water partition coefficient (Wildman–Crippen LogP) is 2.18. The van der Waals surface area contributed by atoms with Crippen molar-refractivity contribution in [1.29, 1.82) is 0 Å². The summed E-state index contributed by atoms with van der Waals surface area (Å²) < 4.78 is 0. The summed E-state index contributed by atoms with van der Waals surface area (Å²) in [6.07, 6.45) is 3.02. The Bertz CT molecular complexity index is 391. The number of rotatable bonds is 3. The van der Waals surface area contributed by atoms with Crippen LogP contribution in [-0.2, 0) is 5.60 Å². The Kier molecular flexibility index (Phi) is 3.00. The molecule has 3 nitrogen and oxygen atoms in total. The molecule has 0 atom stereocenters. The zero-order valence-corrected chi connectivity index (χ0v) is 10.8. The molecule has 94 valence electrons. The Morgan fingerprint density at radius 2 is 2.00 bits per heavy atom. The molecule has 1 saturated carbocycles. The van der Waals surface area contributed by atoms with Crippen LogP contribution >= 0.6 is 0 Å². The van der Waals surface area contributed by atoms with Crippen molar-refractivity contribution in [3.05, 3.63) is 29.6 Å². The van der Waals surface area contributed by atoms with Crippen LogP contribution in [0.4, 0.5) is 0 Å². The number of nitrogens with zero attached hydrogens (tertiary/aromatic N) is 1. The van der Waals surface area contributed by atoms with Gasteiger partial charge in [0.05, 0.1) is 5.69 Å². The number of hydrogen-bond donors (Lipinski definition) is 2. The molecular formula is C14H21NO2. The molecule has 0 aliphatic heterocycles. The van der Waals surface area contributed by atoms with E-state index >= 15 is 0 Å². The summed E-state index contributed by atoms with van der Waals surface area (Å²) in [4.78, 5) is 4.36. The third kappa shape index (κ3) is 2.22. The first-order valence-corrected chi connectivity index (χ1v) is 6.18. The van der Waals surface area contributed by atoms with Crippen molar-refractivity contribution >= 4 is 0 Å². The van der Waals surface area contributed by atoms with E-state index in [0.717, 1.165) is 5.69 Å². The highest BCUT2D eigenvalue weighted by Gasteiger charge is 2.52. The molecule has 1 aromatic rings. The smallest absolute Gasteiger partial charge is 0.108 e. The third-order valence-corrected chi connectivity index (χ3v) is 3.75. The number of pyridine rings is 1. The molecule has 0 unspecified atom stereocenters. The maximum absolute atomic E-state index is 10.4. The van der Waals surface area contributed by atoms with Gasteiger partial charge in [0, 0.05) is 12.8 Å². The van der Waals surface area contributed by atoms with Crippen LogP contribution in [0.25, 0.3) is 0 Å². The molecule has 1 aliphatic rings. The van der Waals surface area contributed by atoms with E-state index in [1.165, 1.54) is 5.56 Å². The van der Waals surface area contributed by atoms with Gasteiger partial charge >= 0.3 is 0 Å². The molecule has 1 aromatic heterocycles. The van der Waals surface area contributed by atoms with Crippen molar-refractivity contribution in [1.82, 2.24) is 4.98 Å². The second-order valence-electron chi connectivity index (χ2n) is 5.99. The second kappa shape index (κ2) is 4.07. The van der Waals surface area contributed by atoms with Gasteiger partial charge in [0.2, 0.25) is 0 Å². The molecule has 1 fully saturated rings. The monoisotopic (exact) mass is 235 g/mol. The number of aromatic nitrogens is 1. The Balaban J connectivity index is 2.14. The molecule has 0 amide bonds. The van der Waals surface area contributed by atoms with Gasteiger partial charge in [0.25, 0.3) is 0 Å². The molecule has 0 saturated heterocycles. The average Bonchev–Trinajstić information content (AvgIpc) is 2.27. The molecule has 0 aromatic carbocycles. The van der Waals surface area contributed by atoms with E-state index in [1.54, 1.807) is 0 Å². The largest absolute Gasteiger partial charge is 0.396 e. The van der Waals surface area contributed by atoms with Crippen molar-refractivity contribution in [3.63, 3.8) is 0 Å². The fourth-order valence-corrected chi connectivity index (χ4v) is 2.68. The summed E-state index contributed by atoms with van der Waals surface area (Å²) >= 11 is 0. The van der Waals surface area contributed by atoms with Gasteiger partial charge in [-0.05, 0) is 35.8 Å². The van der Waals surface area contributed by atoms with Crippen LogP contribution in [0.15, 0.2) is 18.3 Å². The van der Waals surface area contributed by atoms with Crippen molar-refractivity contribution in [2.24, 2.45) is 5.41 Å². The Morgan fingerprint density at radius 3 is 2.41 bits per heavy atom. The van der Waals surface area contributed by atoms with E-state index in [-0.39, 0.29) is 12.0 Å². The number of aliphatic hydroxyl groups excluding tert-OH is 1. The van der Waals surface area contributed by atoms with Crippen LogP contribution in [0.5, 0.6) is 0 Å². The molecular weight excluding hydrogens is 214 g/mol. The normalized spacial score (nSPS) is 32.6. The van der Waals surface area contributed by atoms with Gasteiger partial charge in [-0.2, -0.15) is 0 Å². The highest BCUT2D eigenvalue weighted by molar-refractivity contribution is 5.24. The molecule has 0 radical (unpaired) electrons. The first kappa shape index (κ1) is 12.5. The van der Waals surface area contributed by atoms with E-state index in [4.69, 9.17) is 0 Å². The molecule has 2 rings (SSSR count). The first-order valence-electron chi connectivity index (χ1n) is 6.18. The summed E-state index contributed by atoms with van der Waals surface area (Å²) in [5.41, 5.74) is 0.926. The zero-order valence-electron chi connectivity index (χ0n) is 10.8. The summed E-state index contributed by atoms with van der Waals surface area (Å²) in [6.45, 7) is 6.36. The van der Waals surface area contributed by atoms with Crippen LogP contribution in [0.2, 0.25) is 0 Å². The highest BCUT2D eigenvalue weighted by Crippen LogP contribution is 2.53. The van der Waals surface area contributed by atoms with E-state index in [9.17, 15) is 10.2 Å². The Hall–Kier alpha value is -0.930. The standard InChI is InChI=1S/C14H21NO2/c1-10(2)11-4-5-12(15-6-11)14(17)7-13(3,8-14)9-16/h4-6,10,16-17H,7-9H2,1-3H3. The first-order chi connectivity index (χ1) is 7.88. The predicted molar refractivity (Wildman–Crippen MR) is 66.6 cm³/mol. The molecule has 2 N–H and O–H groups in total. The van der Waals surface area contributed by atoms with E-state index in [2.05, 4.69) is 18.8 Å². The second-order valence-corrected chi connectivity index (χ2v) is 5.99. The van der Waals surface area contributed by atoms with Gasteiger partial charge in [0.15, 0.2) is 0 Å². The van der Waals surface area contributed by atoms with E-state index < -0.39 is 5.60 Å². The molecule has 0 bridgehead atoms. The van der Waals surface area contributed by atoms with Gasteiger partial charge in [0.1, 0.15) is 5.60 Å². The molecule has 3 heteroatoms. The van der Waals surface area contributed by atoms with Gasteiger partial charge in [-0.1, -0.05) is 26.8 Å². The van der Waals surface area contributed by atoms with Crippen LogP contribution in [0.1, 0.15) is 50.8 Å². The minimum atomic E-state index is -0.840. The minimum absolute atomic E-state index is 0.124. The lowest BCUT2D eigenvalue weighted by Crippen LogP contribution is -2.50. The number of hydrogen-bond acceptors (Lipinski definition) is 3. The van der Waals surface area contributed by atoms with Gasteiger partial charge < -0.3 is 10.2 Å². The van der Waals surface area contributed by atoms with Gasteiger partial charge in [-0.25, -0.2) is 0 Å². The SMILES string of the molecule is CC(C)c1ccc(C2(O)CC(C)(CO)C2)nc1. The highest BCUT2D eigenvalue weighted by atomic mass is 16.3. The summed E-state index contributed by atoms with van der Waals surface area (Å²) in [7, 11) is 0. The lowest BCUT2D eigenvalue weighted by Gasteiger charge is -2.50. The van der Waals surface area contributed by atoms with Gasteiger partial charge in [-0.15, -0.1) is 0 Å². The van der Waals surface area contributed by atoms with Crippen molar-refractivity contribution < 1.29 is 10.2 Å². The zero-order chi connectivity index (χ0) is 12.7. The fraction of sp³-hybridized carbons (Fsp3) is 0.643. The lowest BCUT2D eigenvalue weighted by atomic mass is 9.59. The Labute approximate surface area is 103 Å². The minimum Gasteiger partial charge on any atom is -0.396 e. The summed E-state index contributed by atoms with van der Waals surface area (Å²) in [6, 6.07) is 3.94. The van der Waals surface area contributed by atoms with Crippen molar-refractivity contribution in [2.75, 3.05) is 6.61 Å². The van der Waals surface area contributed by atoms with Crippen LogP contribution in [0, 0.1) is 5.41 Å². The molecule has 1 aliphatic carbocycles. The number of aliphatic hydroxyl groups is 2. The average molecular weight is 235 g/mol. The van der Waals surface area contributed by atoms with Crippen molar-refractivity contribution in [2.45, 2.75) is 45.1 Å². The lowest BCUT2D eigenvalue weighted by molar-refractivity contribution is -0.146. The maximum Gasteiger partial charge on any atom is 0.108 e. The van der Waals surface area contributed by atoms with Crippen molar-refractivity contribution in [3.8, 4) is 0 Å². The maximum atomic E-state index is 10.4. The summed E-state index contributed by atoms with van der Waals surface area (Å²) in [5.74, 6) is 0.454. The van der Waals surface area contributed by atoms with E-state index in [0.29, 0.717) is 18.8 Å². The van der Waals surface area contributed by atoms with Crippen LogP contribution in [-0.4, -0.2) is 21.8 Å². The molecule has 17 heavy (non-hydrogen) atoms. The fourth-order valence-electron chi connectivity index (χ4n) is 2.68. The third-order valence-electron chi connectivity index (χ3n) is 3.75. The quantitative estimate of drug-likeness (QED) is 0.844. The Morgan fingerprint density at radius 1 is 1.35 bits per heavy atom. The molecule has 1 heterocycles. The van der Waals surface area contributed by atoms with Crippen LogP contribution < -0.4 is 0 Å². The summed E-state index contributed by atoms with van der Waals surface area (Å²) in [5, 5.41) is 19.6.